The van der Waals surface area contributed by atoms with Crippen molar-refractivity contribution >= 4 is 6.08 Å². The van der Waals surface area contributed by atoms with E-state index >= 15 is 0 Å². The van der Waals surface area contributed by atoms with Crippen LogP contribution in [0.4, 0.5) is 0 Å². The lowest BCUT2D eigenvalue weighted by Crippen LogP contribution is -2.09. The molecule has 2 heteroatoms. The monoisotopic (exact) mass is 328 g/mol. The Hall–Kier alpha value is -2.87. The minimum absolute atomic E-state index is 0.303. The van der Waals surface area contributed by atoms with Crippen molar-refractivity contribution < 1.29 is 4.42 Å². The SMILES string of the molecule is C1=Cc2ccc3c(c2CC1)CCc1ccccc1-3.O=c1cccco1. The van der Waals surface area contributed by atoms with Gasteiger partial charge in [-0.2, -0.15) is 0 Å². The molecule has 5 rings (SSSR count). The molecule has 25 heavy (non-hydrogen) atoms. The molecule has 0 spiro atoms. The minimum atomic E-state index is -0.303. The molecule has 124 valence electrons. The number of rotatable bonds is 0. The summed E-state index contributed by atoms with van der Waals surface area (Å²) in [4.78, 5) is 10.1. The van der Waals surface area contributed by atoms with E-state index < -0.39 is 0 Å². The Morgan fingerprint density at radius 2 is 1.64 bits per heavy atom. The Kier molecular flexibility index (Phi) is 4.34. The van der Waals surface area contributed by atoms with Crippen molar-refractivity contribution in [2.45, 2.75) is 25.7 Å². The first-order valence-electron chi connectivity index (χ1n) is 8.76. The van der Waals surface area contributed by atoms with E-state index in [2.05, 4.69) is 53.0 Å². The van der Waals surface area contributed by atoms with Gasteiger partial charge in [0.2, 0.25) is 0 Å². The first kappa shape index (κ1) is 15.6. The molecule has 1 aromatic heterocycles. The molecule has 2 nitrogen and oxygen atoms in total. The summed E-state index contributed by atoms with van der Waals surface area (Å²) in [5, 5.41) is 0. The lowest BCUT2D eigenvalue weighted by atomic mass is 9.80. The van der Waals surface area contributed by atoms with E-state index in [0.29, 0.717) is 0 Å². The molecule has 0 unspecified atom stereocenters. The fourth-order valence-electron chi connectivity index (χ4n) is 3.72. The Balaban J connectivity index is 0.000000190. The summed E-state index contributed by atoms with van der Waals surface area (Å²) in [5.74, 6) is 0. The quantitative estimate of drug-likeness (QED) is 0.578. The summed E-state index contributed by atoms with van der Waals surface area (Å²) in [6, 6.07) is 18.1. The number of benzene rings is 2. The van der Waals surface area contributed by atoms with Crippen LogP contribution in [0.2, 0.25) is 0 Å². The van der Waals surface area contributed by atoms with Crippen LogP contribution in [-0.2, 0) is 19.3 Å². The average Bonchev–Trinajstić information content (AvgIpc) is 2.68. The Morgan fingerprint density at radius 3 is 2.44 bits per heavy atom. The third kappa shape index (κ3) is 3.20. The van der Waals surface area contributed by atoms with Gasteiger partial charge in [0.1, 0.15) is 0 Å². The summed E-state index contributed by atoms with van der Waals surface area (Å²) in [5.41, 5.74) is 8.79. The van der Waals surface area contributed by atoms with Gasteiger partial charge >= 0.3 is 5.63 Å². The largest absolute Gasteiger partial charge is 0.431 e. The second kappa shape index (κ2) is 6.94. The van der Waals surface area contributed by atoms with Gasteiger partial charge in [-0.25, -0.2) is 4.79 Å². The van der Waals surface area contributed by atoms with E-state index in [0.717, 1.165) is 0 Å². The van der Waals surface area contributed by atoms with Crippen molar-refractivity contribution in [1.29, 1.82) is 0 Å². The van der Waals surface area contributed by atoms with Crippen molar-refractivity contribution in [3.05, 3.63) is 99.6 Å². The lowest BCUT2D eigenvalue weighted by Gasteiger charge is -2.25. The maximum atomic E-state index is 10.1. The summed E-state index contributed by atoms with van der Waals surface area (Å²) in [6.45, 7) is 0. The molecule has 1 heterocycles. The highest BCUT2D eigenvalue weighted by Gasteiger charge is 2.20. The summed E-state index contributed by atoms with van der Waals surface area (Å²) in [6.07, 6.45) is 10.8. The number of hydrogen-bond donors (Lipinski definition) is 0. The van der Waals surface area contributed by atoms with Crippen molar-refractivity contribution in [3.63, 3.8) is 0 Å². The predicted octanol–water partition coefficient (Wildman–Crippen LogP) is 5.05. The molecule has 0 atom stereocenters. The first-order chi connectivity index (χ1) is 12.3. The van der Waals surface area contributed by atoms with E-state index in [4.69, 9.17) is 0 Å². The zero-order chi connectivity index (χ0) is 17.1. The van der Waals surface area contributed by atoms with Crippen molar-refractivity contribution in [2.75, 3.05) is 0 Å². The zero-order valence-corrected chi connectivity index (χ0v) is 14.1. The fourth-order valence-corrected chi connectivity index (χ4v) is 3.72. The van der Waals surface area contributed by atoms with Crippen LogP contribution in [0.15, 0.2) is 76.1 Å². The van der Waals surface area contributed by atoms with Crippen LogP contribution >= 0.6 is 0 Å². The van der Waals surface area contributed by atoms with E-state index in [-0.39, 0.29) is 5.63 Å². The second-order valence-electron chi connectivity index (χ2n) is 6.38. The van der Waals surface area contributed by atoms with Crippen LogP contribution in [0.1, 0.15) is 28.7 Å². The molecule has 0 radical (unpaired) electrons. The molecule has 2 aliphatic carbocycles. The molecule has 0 fully saturated rings. The highest BCUT2D eigenvalue weighted by Crippen LogP contribution is 2.38. The highest BCUT2D eigenvalue weighted by atomic mass is 16.4. The Labute approximate surface area is 147 Å². The first-order valence-corrected chi connectivity index (χ1v) is 8.76. The summed E-state index contributed by atoms with van der Waals surface area (Å²) >= 11 is 0. The maximum Gasteiger partial charge on any atom is 0.335 e. The van der Waals surface area contributed by atoms with Gasteiger partial charge in [0.05, 0.1) is 6.26 Å². The third-order valence-corrected chi connectivity index (χ3v) is 4.88. The van der Waals surface area contributed by atoms with E-state index in [1.165, 1.54) is 60.3 Å². The van der Waals surface area contributed by atoms with Crippen LogP contribution < -0.4 is 5.63 Å². The van der Waals surface area contributed by atoms with Crippen LogP contribution in [0.5, 0.6) is 0 Å². The highest BCUT2D eigenvalue weighted by molar-refractivity contribution is 5.77. The van der Waals surface area contributed by atoms with Crippen LogP contribution in [0.25, 0.3) is 17.2 Å². The normalized spacial score (nSPS) is 13.8. The topological polar surface area (TPSA) is 30.2 Å². The lowest BCUT2D eigenvalue weighted by molar-refractivity contribution is 0.511. The van der Waals surface area contributed by atoms with Gasteiger partial charge in [-0.15, -0.1) is 0 Å². The van der Waals surface area contributed by atoms with Gasteiger partial charge in [-0.3, -0.25) is 0 Å². The van der Waals surface area contributed by atoms with E-state index in [1.54, 1.807) is 23.3 Å². The molecular formula is C23H20O2. The fraction of sp³-hybridized carbons (Fsp3) is 0.174. The molecule has 0 aliphatic heterocycles. The third-order valence-electron chi connectivity index (χ3n) is 4.88. The van der Waals surface area contributed by atoms with Crippen molar-refractivity contribution in [3.8, 4) is 11.1 Å². The van der Waals surface area contributed by atoms with Crippen LogP contribution in [-0.4, -0.2) is 0 Å². The molecule has 2 aromatic carbocycles. The summed E-state index contributed by atoms with van der Waals surface area (Å²) < 4.78 is 4.37. The van der Waals surface area contributed by atoms with Crippen molar-refractivity contribution in [2.24, 2.45) is 0 Å². The average molecular weight is 328 g/mol. The molecule has 0 amide bonds. The van der Waals surface area contributed by atoms with Crippen LogP contribution in [0, 0.1) is 0 Å². The number of fused-ring (bicyclic) bond motifs is 5. The molecule has 3 aromatic rings. The van der Waals surface area contributed by atoms with Gasteiger partial charge in [-0.1, -0.05) is 54.6 Å². The van der Waals surface area contributed by atoms with E-state index in [1.807, 2.05) is 0 Å². The second-order valence-corrected chi connectivity index (χ2v) is 6.38. The smallest absolute Gasteiger partial charge is 0.335 e. The van der Waals surface area contributed by atoms with Crippen molar-refractivity contribution in [1.82, 2.24) is 0 Å². The molecule has 0 saturated heterocycles. The Morgan fingerprint density at radius 1 is 0.760 bits per heavy atom. The minimum Gasteiger partial charge on any atom is -0.431 e. The van der Waals surface area contributed by atoms with E-state index in [9.17, 15) is 4.79 Å². The predicted molar refractivity (Wildman–Crippen MR) is 102 cm³/mol. The number of allylic oxidation sites excluding steroid dienone is 1. The zero-order valence-electron chi connectivity index (χ0n) is 14.1. The van der Waals surface area contributed by atoms with Crippen LogP contribution in [0.3, 0.4) is 0 Å². The van der Waals surface area contributed by atoms with Gasteiger partial charge < -0.3 is 4.42 Å². The van der Waals surface area contributed by atoms with Gasteiger partial charge in [0, 0.05) is 6.07 Å². The van der Waals surface area contributed by atoms with Gasteiger partial charge in [0.15, 0.2) is 0 Å². The molecule has 2 aliphatic rings. The van der Waals surface area contributed by atoms with Gasteiger partial charge in [-0.05, 0) is 65.1 Å². The number of aryl methyl sites for hydroxylation is 1. The molecule has 0 saturated carbocycles. The van der Waals surface area contributed by atoms with Gasteiger partial charge in [0.25, 0.3) is 0 Å². The molecule has 0 bridgehead atoms. The number of hydrogen-bond acceptors (Lipinski definition) is 2. The Bertz CT molecular complexity index is 962. The molecular weight excluding hydrogens is 308 g/mol. The standard InChI is InChI=1S/C18H16.C5H4O2/c1-3-7-15-13(5-1)9-11-18-16-8-4-2-6-14(16)10-12-17(15)18;6-5-3-1-2-4-7-5/h1-3,5-7,10,12H,4,8-9,11H2;1-4H. The maximum absolute atomic E-state index is 10.1. The molecule has 0 N–H and O–H groups in total. The summed E-state index contributed by atoms with van der Waals surface area (Å²) in [7, 11) is 0.